The van der Waals surface area contributed by atoms with Crippen molar-refractivity contribution in [3.63, 3.8) is 0 Å². The third-order valence-electron chi connectivity index (χ3n) is 3.49. The Hall–Kier alpha value is -1.39. The van der Waals surface area contributed by atoms with Gasteiger partial charge in [-0.1, -0.05) is 6.07 Å². The van der Waals surface area contributed by atoms with E-state index in [2.05, 4.69) is 16.7 Å². The van der Waals surface area contributed by atoms with Crippen LogP contribution in [0.2, 0.25) is 0 Å². The van der Waals surface area contributed by atoms with Gasteiger partial charge in [0.2, 0.25) is 0 Å². The minimum Gasteiger partial charge on any atom is -0.385 e. The van der Waals surface area contributed by atoms with E-state index in [0.717, 1.165) is 31.5 Å². The second-order valence-corrected chi connectivity index (χ2v) is 5.07. The highest BCUT2D eigenvalue weighted by molar-refractivity contribution is 5.94. The van der Waals surface area contributed by atoms with Crippen molar-refractivity contribution < 1.29 is 9.53 Å². The van der Waals surface area contributed by atoms with Crippen molar-refractivity contribution in [3.05, 3.63) is 34.9 Å². The van der Waals surface area contributed by atoms with Gasteiger partial charge in [-0.3, -0.25) is 4.79 Å². The Labute approximate surface area is 114 Å². The molecule has 104 valence electrons. The van der Waals surface area contributed by atoms with Crippen molar-refractivity contribution >= 4 is 5.91 Å². The molecule has 0 saturated carbocycles. The van der Waals surface area contributed by atoms with Crippen molar-refractivity contribution in [2.45, 2.75) is 32.4 Å². The Morgan fingerprint density at radius 1 is 1.47 bits per heavy atom. The number of carbonyl (C=O) groups is 1. The molecule has 1 atom stereocenters. The van der Waals surface area contributed by atoms with Crippen molar-refractivity contribution in [1.82, 2.24) is 10.6 Å². The minimum absolute atomic E-state index is 0.00280. The molecular weight excluding hydrogens is 240 g/mol. The summed E-state index contributed by atoms with van der Waals surface area (Å²) >= 11 is 0. The Balaban J connectivity index is 1.99. The molecule has 2 N–H and O–H groups in total. The van der Waals surface area contributed by atoms with Crippen LogP contribution in [0.3, 0.4) is 0 Å². The van der Waals surface area contributed by atoms with E-state index in [4.69, 9.17) is 4.74 Å². The second-order valence-electron chi connectivity index (χ2n) is 5.07. The van der Waals surface area contributed by atoms with Crippen LogP contribution in [0.5, 0.6) is 0 Å². The zero-order valence-electron chi connectivity index (χ0n) is 11.7. The second kappa shape index (κ2) is 6.68. The first-order valence-corrected chi connectivity index (χ1v) is 6.83. The van der Waals surface area contributed by atoms with E-state index < -0.39 is 0 Å². The number of rotatable bonds is 5. The van der Waals surface area contributed by atoms with E-state index in [1.54, 1.807) is 7.11 Å². The first-order valence-electron chi connectivity index (χ1n) is 6.83. The van der Waals surface area contributed by atoms with Gasteiger partial charge in [-0.15, -0.1) is 0 Å². The zero-order valence-corrected chi connectivity index (χ0v) is 11.7. The Bertz CT molecular complexity index is 446. The predicted octanol–water partition coefficient (Wildman–Crippen LogP) is 1.49. The van der Waals surface area contributed by atoms with Crippen LogP contribution in [0.1, 0.15) is 34.8 Å². The number of hydrogen-bond donors (Lipinski definition) is 2. The lowest BCUT2D eigenvalue weighted by Gasteiger charge is -2.18. The smallest absolute Gasteiger partial charge is 0.251 e. The van der Waals surface area contributed by atoms with Gasteiger partial charge in [-0.05, 0) is 49.6 Å². The van der Waals surface area contributed by atoms with Gasteiger partial charge in [0, 0.05) is 31.9 Å². The van der Waals surface area contributed by atoms with Gasteiger partial charge in [0.1, 0.15) is 0 Å². The van der Waals surface area contributed by atoms with Crippen LogP contribution in [0.15, 0.2) is 18.2 Å². The van der Waals surface area contributed by atoms with Crippen molar-refractivity contribution in [1.29, 1.82) is 0 Å². The molecule has 4 heteroatoms. The van der Waals surface area contributed by atoms with Crippen LogP contribution in [-0.4, -0.2) is 32.2 Å². The van der Waals surface area contributed by atoms with Gasteiger partial charge < -0.3 is 15.4 Å². The quantitative estimate of drug-likeness (QED) is 0.845. The third-order valence-corrected chi connectivity index (χ3v) is 3.49. The first-order chi connectivity index (χ1) is 9.20. The van der Waals surface area contributed by atoms with Crippen molar-refractivity contribution in [2.75, 3.05) is 20.3 Å². The molecule has 0 spiro atoms. The largest absolute Gasteiger partial charge is 0.385 e. The fourth-order valence-electron chi connectivity index (χ4n) is 2.30. The molecule has 0 bridgehead atoms. The molecule has 1 aliphatic heterocycles. The highest BCUT2D eigenvalue weighted by Gasteiger charge is 2.13. The molecule has 1 aliphatic rings. The van der Waals surface area contributed by atoms with Gasteiger partial charge in [-0.2, -0.15) is 0 Å². The minimum atomic E-state index is -0.00280. The maximum atomic E-state index is 12.1. The lowest BCUT2D eigenvalue weighted by atomic mass is 9.98. The summed E-state index contributed by atoms with van der Waals surface area (Å²) < 4.78 is 5.01. The molecule has 1 aromatic rings. The first kappa shape index (κ1) is 14.0. The summed E-state index contributed by atoms with van der Waals surface area (Å²) in [5, 5.41) is 6.33. The maximum absolute atomic E-state index is 12.1. The molecule has 0 aromatic heterocycles. The molecule has 1 aromatic carbocycles. The number of benzene rings is 1. The predicted molar refractivity (Wildman–Crippen MR) is 75.3 cm³/mol. The average molecular weight is 262 g/mol. The van der Waals surface area contributed by atoms with Gasteiger partial charge in [0.15, 0.2) is 0 Å². The van der Waals surface area contributed by atoms with Gasteiger partial charge >= 0.3 is 0 Å². The fraction of sp³-hybridized carbons (Fsp3) is 0.533. The SMILES string of the molecule is COCCC(C)NC(=O)c1ccc2c(c1)CNCC2. The highest BCUT2D eigenvalue weighted by Crippen LogP contribution is 2.16. The lowest BCUT2D eigenvalue weighted by molar-refractivity contribution is 0.0929. The standard InChI is InChI=1S/C15H22N2O2/c1-11(6-8-19-2)17-15(18)13-4-3-12-5-7-16-10-14(12)9-13/h3-4,9,11,16H,5-8,10H2,1-2H3,(H,17,18). The van der Waals surface area contributed by atoms with Crippen LogP contribution < -0.4 is 10.6 Å². The summed E-state index contributed by atoms with van der Waals surface area (Å²) in [6.07, 6.45) is 1.87. The van der Waals surface area contributed by atoms with Gasteiger partial charge in [0.25, 0.3) is 5.91 Å². The number of methoxy groups -OCH3 is 1. The summed E-state index contributed by atoms with van der Waals surface area (Å²) in [7, 11) is 1.67. The molecule has 1 unspecified atom stereocenters. The van der Waals surface area contributed by atoms with E-state index in [1.807, 2.05) is 19.1 Å². The summed E-state index contributed by atoms with van der Waals surface area (Å²) in [6.45, 7) is 4.54. The Kier molecular flexibility index (Phi) is 4.93. The molecule has 4 nitrogen and oxygen atoms in total. The lowest BCUT2D eigenvalue weighted by Crippen LogP contribution is -2.33. The summed E-state index contributed by atoms with van der Waals surface area (Å²) in [5.74, 6) is -0.00280. The average Bonchev–Trinajstić information content (AvgIpc) is 2.44. The molecule has 0 radical (unpaired) electrons. The van der Waals surface area contributed by atoms with E-state index in [9.17, 15) is 4.79 Å². The maximum Gasteiger partial charge on any atom is 0.251 e. The molecule has 1 amide bonds. The number of hydrogen-bond acceptors (Lipinski definition) is 3. The molecule has 2 rings (SSSR count). The van der Waals surface area contributed by atoms with Crippen LogP contribution in [0, 0.1) is 0 Å². The molecule has 0 saturated heterocycles. The Morgan fingerprint density at radius 2 is 2.32 bits per heavy atom. The Morgan fingerprint density at radius 3 is 3.11 bits per heavy atom. The number of carbonyl (C=O) groups excluding carboxylic acids is 1. The third kappa shape index (κ3) is 3.78. The van der Waals surface area contributed by atoms with Crippen LogP contribution in [-0.2, 0) is 17.7 Å². The van der Waals surface area contributed by atoms with Gasteiger partial charge in [-0.25, -0.2) is 0 Å². The number of fused-ring (bicyclic) bond motifs is 1. The van der Waals surface area contributed by atoms with Gasteiger partial charge in [0.05, 0.1) is 0 Å². The summed E-state index contributed by atoms with van der Waals surface area (Å²) in [6, 6.07) is 6.12. The molecule has 0 aliphatic carbocycles. The van der Waals surface area contributed by atoms with E-state index in [-0.39, 0.29) is 11.9 Å². The fourth-order valence-corrected chi connectivity index (χ4v) is 2.30. The number of amides is 1. The van der Waals surface area contributed by atoms with E-state index in [0.29, 0.717) is 6.61 Å². The molecule has 19 heavy (non-hydrogen) atoms. The zero-order chi connectivity index (χ0) is 13.7. The van der Waals surface area contributed by atoms with Crippen LogP contribution >= 0.6 is 0 Å². The molecule has 0 fully saturated rings. The summed E-state index contributed by atoms with van der Waals surface area (Å²) in [4.78, 5) is 12.1. The monoisotopic (exact) mass is 262 g/mol. The number of ether oxygens (including phenoxy) is 1. The normalized spacial score (nSPS) is 15.7. The van der Waals surface area contributed by atoms with E-state index in [1.165, 1.54) is 11.1 Å². The van der Waals surface area contributed by atoms with Crippen LogP contribution in [0.4, 0.5) is 0 Å². The van der Waals surface area contributed by atoms with Crippen molar-refractivity contribution in [3.8, 4) is 0 Å². The molecular formula is C15H22N2O2. The van der Waals surface area contributed by atoms with Crippen LogP contribution in [0.25, 0.3) is 0 Å². The van der Waals surface area contributed by atoms with E-state index >= 15 is 0 Å². The highest BCUT2D eigenvalue weighted by atomic mass is 16.5. The summed E-state index contributed by atoms with van der Waals surface area (Å²) in [5.41, 5.74) is 3.33. The molecule has 1 heterocycles. The topological polar surface area (TPSA) is 50.4 Å². The van der Waals surface area contributed by atoms with Crippen molar-refractivity contribution in [2.24, 2.45) is 0 Å². The number of nitrogens with one attached hydrogen (secondary N) is 2.